The lowest BCUT2D eigenvalue weighted by molar-refractivity contribution is 1.24. The lowest BCUT2D eigenvalue weighted by Crippen LogP contribution is -2.12. The van der Waals surface area contributed by atoms with Crippen LogP contribution in [0.2, 0.25) is 0 Å². The average molecular weight is 183 g/mol. The van der Waals surface area contributed by atoms with Crippen LogP contribution in [0.3, 0.4) is 0 Å². The number of rotatable bonds is 1. The summed E-state index contributed by atoms with van der Waals surface area (Å²) in [5.41, 5.74) is 6.00. The maximum Gasteiger partial charge on any atom is 0.141 e. The number of nitrogens with two attached hydrogens (primary N) is 1. The summed E-state index contributed by atoms with van der Waals surface area (Å²) < 4.78 is 0. The van der Waals surface area contributed by atoms with Crippen molar-refractivity contribution in [2.75, 3.05) is 0 Å². The maximum absolute atomic E-state index is 8.39. The van der Waals surface area contributed by atoms with Gasteiger partial charge < -0.3 is 5.73 Å². The molecule has 0 atom stereocenters. The van der Waals surface area contributed by atoms with Crippen LogP contribution in [0.4, 0.5) is 0 Å². The van der Waals surface area contributed by atoms with Crippen LogP contribution in [-0.4, -0.2) is 10.8 Å². The third-order valence-corrected chi connectivity index (χ3v) is 1.17. The third-order valence-electron chi connectivity index (χ3n) is 1.17. The molecule has 0 aromatic carbocycles. The largest absolute Gasteiger partial charge is 0.382 e. The predicted octanol–water partition coefficient (Wildman–Crippen LogP) is 0.659. The SMILES string of the molecule is Cl.N#Cc1ccc(C(=N)N)nc1. The summed E-state index contributed by atoms with van der Waals surface area (Å²) in [5, 5.41) is 15.4. The number of nitrogens with zero attached hydrogens (tertiary/aromatic N) is 2. The number of nitrogen functional groups attached to an aromatic ring is 1. The first-order chi connectivity index (χ1) is 5.24. The lowest BCUT2D eigenvalue weighted by Gasteiger charge is -1.94. The molecule has 0 radical (unpaired) electrons. The van der Waals surface area contributed by atoms with Gasteiger partial charge in [0.05, 0.1) is 5.56 Å². The zero-order valence-electron chi connectivity index (χ0n) is 6.11. The van der Waals surface area contributed by atoms with Gasteiger partial charge in [-0.25, -0.2) is 0 Å². The van der Waals surface area contributed by atoms with E-state index in [1.165, 1.54) is 6.20 Å². The maximum atomic E-state index is 8.39. The molecular weight excluding hydrogens is 176 g/mol. The fourth-order valence-electron chi connectivity index (χ4n) is 0.619. The van der Waals surface area contributed by atoms with E-state index in [1.54, 1.807) is 12.1 Å². The summed E-state index contributed by atoms with van der Waals surface area (Å²) in [4.78, 5) is 3.78. The number of hydrogen-bond acceptors (Lipinski definition) is 3. The van der Waals surface area contributed by atoms with Gasteiger partial charge in [-0.2, -0.15) is 5.26 Å². The zero-order valence-corrected chi connectivity index (χ0v) is 6.93. The van der Waals surface area contributed by atoms with Gasteiger partial charge in [-0.15, -0.1) is 12.4 Å². The Hall–Kier alpha value is -1.60. The number of amidine groups is 1. The molecule has 0 bridgehead atoms. The average Bonchev–Trinajstić information content (AvgIpc) is 2.05. The fraction of sp³-hybridized carbons (Fsp3) is 0. The second-order valence-electron chi connectivity index (χ2n) is 1.96. The van der Waals surface area contributed by atoms with Gasteiger partial charge in [0.15, 0.2) is 0 Å². The Morgan fingerprint density at radius 3 is 2.58 bits per heavy atom. The molecule has 5 heteroatoms. The molecule has 0 unspecified atom stereocenters. The minimum absolute atomic E-state index is 0. The molecule has 0 aliphatic carbocycles. The number of halogens is 1. The van der Waals surface area contributed by atoms with Crippen LogP contribution in [0.5, 0.6) is 0 Å². The van der Waals surface area contributed by atoms with Crippen molar-refractivity contribution < 1.29 is 0 Å². The predicted molar refractivity (Wildman–Crippen MR) is 47.2 cm³/mol. The first-order valence-corrected chi connectivity index (χ1v) is 2.94. The number of pyridine rings is 1. The molecule has 0 saturated carbocycles. The third kappa shape index (κ3) is 2.22. The van der Waals surface area contributed by atoms with Crippen molar-refractivity contribution in [3.05, 3.63) is 29.6 Å². The molecular formula is C7H7ClN4. The Morgan fingerprint density at radius 1 is 1.58 bits per heavy atom. The van der Waals surface area contributed by atoms with E-state index in [9.17, 15) is 0 Å². The summed E-state index contributed by atoms with van der Waals surface area (Å²) >= 11 is 0. The highest BCUT2D eigenvalue weighted by Gasteiger charge is 1.96. The smallest absolute Gasteiger partial charge is 0.141 e. The van der Waals surface area contributed by atoms with E-state index >= 15 is 0 Å². The van der Waals surface area contributed by atoms with E-state index in [-0.39, 0.29) is 18.2 Å². The van der Waals surface area contributed by atoms with Crippen LogP contribution in [0.1, 0.15) is 11.3 Å². The first-order valence-electron chi connectivity index (χ1n) is 2.94. The van der Waals surface area contributed by atoms with Gasteiger partial charge in [-0.05, 0) is 12.1 Å². The highest BCUT2D eigenvalue weighted by atomic mass is 35.5. The van der Waals surface area contributed by atoms with Gasteiger partial charge in [0.1, 0.15) is 17.6 Å². The van der Waals surface area contributed by atoms with Crippen molar-refractivity contribution in [2.45, 2.75) is 0 Å². The molecule has 0 aliphatic rings. The van der Waals surface area contributed by atoms with Gasteiger partial charge in [0.25, 0.3) is 0 Å². The molecule has 3 N–H and O–H groups in total. The van der Waals surface area contributed by atoms with Crippen LogP contribution in [0.15, 0.2) is 18.3 Å². The Bertz CT molecular complexity index is 311. The number of nitriles is 1. The van der Waals surface area contributed by atoms with Gasteiger partial charge in [-0.3, -0.25) is 10.4 Å². The van der Waals surface area contributed by atoms with E-state index in [0.29, 0.717) is 11.3 Å². The summed E-state index contributed by atoms with van der Waals surface area (Å²) in [5.74, 6) is -0.0884. The Morgan fingerprint density at radius 2 is 2.25 bits per heavy atom. The van der Waals surface area contributed by atoms with Gasteiger partial charge in [-0.1, -0.05) is 0 Å². The molecule has 1 aromatic heterocycles. The second kappa shape index (κ2) is 4.31. The van der Waals surface area contributed by atoms with Crippen LogP contribution in [0, 0.1) is 16.7 Å². The quantitative estimate of drug-likeness (QED) is 0.494. The van der Waals surface area contributed by atoms with Crippen molar-refractivity contribution in [2.24, 2.45) is 5.73 Å². The van der Waals surface area contributed by atoms with Crippen molar-refractivity contribution in [1.82, 2.24) is 4.98 Å². The van der Waals surface area contributed by atoms with Crippen molar-refractivity contribution in [3.8, 4) is 6.07 Å². The topological polar surface area (TPSA) is 86.5 Å². The molecule has 4 nitrogen and oxygen atoms in total. The Balaban J connectivity index is 0.00000121. The zero-order chi connectivity index (χ0) is 8.27. The van der Waals surface area contributed by atoms with Crippen molar-refractivity contribution in [3.63, 3.8) is 0 Å². The number of aromatic nitrogens is 1. The van der Waals surface area contributed by atoms with Crippen molar-refractivity contribution >= 4 is 18.2 Å². The summed E-state index contributed by atoms with van der Waals surface area (Å²) in [6.45, 7) is 0. The number of hydrogen-bond donors (Lipinski definition) is 2. The van der Waals surface area contributed by atoms with E-state index in [0.717, 1.165) is 0 Å². The minimum Gasteiger partial charge on any atom is -0.382 e. The fourth-order valence-corrected chi connectivity index (χ4v) is 0.619. The van der Waals surface area contributed by atoms with Crippen LogP contribution in [0.25, 0.3) is 0 Å². The molecule has 0 fully saturated rings. The molecule has 62 valence electrons. The van der Waals surface area contributed by atoms with E-state index in [4.69, 9.17) is 16.4 Å². The highest BCUT2D eigenvalue weighted by Crippen LogP contribution is 1.96. The molecule has 1 aromatic rings. The van der Waals surface area contributed by atoms with Gasteiger partial charge >= 0.3 is 0 Å². The van der Waals surface area contributed by atoms with E-state index in [2.05, 4.69) is 4.98 Å². The lowest BCUT2D eigenvalue weighted by atomic mass is 10.2. The minimum atomic E-state index is -0.0884. The Labute approximate surface area is 76.0 Å². The number of nitrogens with one attached hydrogen (secondary N) is 1. The first kappa shape index (κ1) is 10.4. The molecule has 0 spiro atoms. The summed E-state index contributed by atoms with van der Waals surface area (Å²) in [6.07, 6.45) is 1.39. The van der Waals surface area contributed by atoms with Crippen LogP contribution >= 0.6 is 12.4 Å². The molecule has 0 amide bonds. The Kier molecular flexibility index (Phi) is 3.74. The van der Waals surface area contributed by atoms with Crippen LogP contribution in [-0.2, 0) is 0 Å². The molecule has 1 heterocycles. The molecule has 0 saturated heterocycles. The summed E-state index contributed by atoms with van der Waals surface area (Å²) in [6, 6.07) is 5.03. The standard InChI is InChI=1S/C7H6N4.ClH/c8-3-5-1-2-6(7(9)10)11-4-5;/h1-2,4H,(H3,9,10);1H. The van der Waals surface area contributed by atoms with Gasteiger partial charge in [0, 0.05) is 6.20 Å². The van der Waals surface area contributed by atoms with Crippen molar-refractivity contribution in [1.29, 1.82) is 10.7 Å². The molecule has 0 aliphatic heterocycles. The van der Waals surface area contributed by atoms with E-state index < -0.39 is 0 Å². The monoisotopic (exact) mass is 182 g/mol. The highest BCUT2D eigenvalue weighted by molar-refractivity contribution is 5.92. The van der Waals surface area contributed by atoms with Crippen LogP contribution < -0.4 is 5.73 Å². The normalized spacial score (nSPS) is 7.92. The van der Waals surface area contributed by atoms with Gasteiger partial charge in [0.2, 0.25) is 0 Å². The molecule has 12 heavy (non-hydrogen) atoms. The van der Waals surface area contributed by atoms with E-state index in [1.807, 2.05) is 6.07 Å². The summed E-state index contributed by atoms with van der Waals surface area (Å²) in [7, 11) is 0. The second-order valence-corrected chi connectivity index (χ2v) is 1.96. The molecule has 1 rings (SSSR count).